The molecule has 0 aromatic heterocycles. The molecule has 3 nitrogen and oxygen atoms in total. The van der Waals surface area contributed by atoms with Gasteiger partial charge in [0.05, 0.1) is 6.10 Å². The fraction of sp³-hybridized carbons (Fsp3) is 0.647. The summed E-state index contributed by atoms with van der Waals surface area (Å²) in [5, 5.41) is 3.62. The summed E-state index contributed by atoms with van der Waals surface area (Å²) in [6.45, 7) is 10.6. The van der Waals surface area contributed by atoms with Gasteiger partial charge in [-0.3, -0.25) is 4.90 Å². The third-order valence-electron chi connectivity index (χ3n) is 4.10. The largest absolute Gasteiger partial charge is 0.382 e. The van der Waals surface area contributed by atoms with Crippen molar-refractivity contribution in [3.63, 3.8) is 0 Å². The van der Waals surface area contributed by atoms with Gasteiger partial charge in [-0.1, -0.05) is 26.0 Å². The molecule has 1 aromatic rings. The molecule has 1 aliphatic carbocycles. The molecule has 0 radical (unpaired) electrons. The Morgan fingerprint density at radius 1 is 1.20 bits per heavy atom. The van der Waals surface area contributed by atoms with Gasteiger partial charge in [0.25, 0.3) is 0 Å². The molecule has 1 aromatic carbocycles. The first-order valence-corrected chi connectivity index (χ1v) is 7.94. The maximum absolute atomic E-state index is 5.60. The minimum Gasteiger partial charge on any atom is -0.382 e. The Kier molecular flexibility index (Phi) is 5.86. The molecule has 20 heavy (non-hydrogen) atoms. The number of rotatable bonds is 8. The van der Waals surface area contributed by atoms with Crippen molar-refractivity contribution in [1.29, 1.82) is 0 Å². The summed E-state index contributed by atoms with van der Waals surface area (Å²) >= 11 is 0. The summed E-state index contributed by atoms with van der Waals surface area (Å²) in [7, 11) is 0. The Balaban J connectivity index is 1.84. The number of hydrogen-bond donors (Lipinski definition) is 1. The van der Waals surface area contributed by atoms with Crippen LogP contribution < -0.4 is 5.32 Å². The van der Waals surface area contributed by atoms with Gasteiger partial charge < -0.3 is 10.1 Å². The third kappa shape index (κ3) is 4.22. The SMILES string of the molecule is CCOC1CC(Nc2cccc(CN(CC)CC)c2)C1. The predicted octanol–water partition coefficient (Wildman–Crippen LogP) is 3.51. The van der Waals surface area contributed by atoms with E-state index in [0.29, 0.717) is 12.1 Å². The average Bonchev–Trinajstić information content (AvgIpc) is 2.43. The minimum absolute atomic E-state index is 0.469. The second-order valence-corrected chi connectivity index (χ2v) is 5.55. The molecule has 0 unspecified atom stereocenters. The van der Waals surface area contributed by atoms with Crippen LogP contribution in [0.1, 0.15) is 39.2 Å². The predicted molar refractivity (Wildman–Crippen MR) is 85.1 cm³/mol. The number of nitrogens with one attached hydrogen (secondary N) is 1. The Morgan fingerprint density at radius 3 is 2.60 bits per heavy atom. The second kappa shape index (κ2) is 7.65. The summed E-state index contributed by atoms with van der Waals surface area (Å²) in [6.07, 6.45) is 2.73. The van der Waals surface area contributed by atoms with Crippen molar-refractivity contribution < 1.29 is 4.74 Å². The van der Waals surface area contributed by atoms with E-state index < -0.39 is 0 Å². The van der Waals surface area contributed by atoms with Crippen LogP contribution in [-0.4, -0.2) is 36.7 Å². The lowest BCUT2D eigenvalue weighted by Gasteiger charge is -2.36. The van der Waals surface area contributed by atoms with E-state index in [1.807, 2.05) is 0 Å². The lowest BCUT2D eigenvalue weighted by Crippen LogP contribution is -2.40. The number of anilines is 1. The average molecular weight is 276 g/mol. The third-order valence-corrected chi connectivity index (χ3v) is 4.10. The molecule has 3 heteroatoms. The molecule has 0 spiro atoms. The van der Waals surface area contributed by atoms with Gasteiger partial charge >= 0.3 is 0 Å². The van der Waals surface area contributed by atoms with Crippen LogP contribution in [0.15, 0.2) is 24.3 Å². The van der Waals surface area contributed by atoms with Crippen LogP contribution in [0.2, 0.25) is 0 Å². The summed E-state index contributed by atoms with van der Waals surface area (Å²) in [5.41, 5.74) is 2.63. The van der Waals surface area contributed by atoms with Crippen molar-refractivity contribution >= 4 is 5.69 Å². The highest BCUT2D eigenvalue weighted by Crippen LogP contribution is 2.27. The second-order valence-electron chi connectivity index (χ2n) is 5.55. The van der Waals surface area contributed by atoms with Gasteiger partial charge in [-0.15, -0.1) is 0 Å². The van der Waals surface area contributed by atoms with Crippen molar-refractivity contribution in [3.05, 3.63) is 29.8 Å². The first-order chi connectivity index (χ1) is 9.75. The zero-order valence-corrected chi connectivity index (χ0v) is 13.1. The summed E-state index contributed by atoms with van der Waals surface area (Å²) < 4.78 is 5.60. The van der Waals surface area contributed by atoms with Crippen LogP contribution >= 0.6 is 0 Å². The highest BCUT2D eigenvalue weighted by Gasteiger charge is 2.29. The van der Waals surface area contributed by atoms with Crippen LogP contribution in [0, 0.1) is 0 Å². The van der Waals surface area contributed by atoms with E-state index in [4.69, 9.17) is 4.74 Å². The van der Waals surface area contributed by atoms with Gasteiger partial charge in [0.15, 0.2) is 0 Å². The number of ether oxygens (including phenoxy) is 1. The molecular formula is C17H28N2O. The minimum atomic E-state index is 0.469. The van der Waals surface area contributed by atoms with Crippen LogP contribution in [-0.2, 0) is 11.3 Å². The molecule has 112 valence electrons. The van der Waals surface area contributed by atoms with Crippen molar-refractivity contribution in [2.24, 2.45) is 0 Å². The van der Waals surface area contributed by atoms with E-state index in [-0.39, 0.29) is 0 Å². The quantitative estimate of drug-likeness (QED) is 0.786. The zero-order chi connectivity index (χ0) is 14.4. The highest BCUT2D eigenvalue weighted by atomic mass is 16.5. The van der Waals surface area contributed by atoms with E-state index >= 15 is 0 Å². The maximum atomic E-state index is 5.60. The van der Waals surface area contributed by atoms with Crippen molar-refractivity contribution in [1.82, 2.24) is 4.90 Å². The molecular weight excluding hydrogens is 248 g/mol. The molecule has 0 heterocycles. The summed E-state index contributed by atoms with van der Waals surface area (Å²) in [6, 6.07) is 9.40. The molecule has 2 rings (SSSR count). The number of hydrogen-bond acceptors (Lipinski definition) is 3. The molecule has 0 bridgehead atoms. The molecule has 1 fully saturated rings. The highest BCUT2D eigenvalue weighted by molar-refractivity contribution is 5.47. The Bertz CT molecular complexity index is 398. The van der Waals surface area contributed by atoms with Crippen LogP contribution in [0.3, 0.4) is 0 Å². The van der Waals surface area contributed by atoms with Gasteiger partial charge in [0.2, 0.25) is 0 Å². The smallest absolute Gasteiger partial charge is 0.0614 e. The number of benzene rings is 1. The van der Waals surface area contributed by atoms with E-state index in [1.54, 1.807) is 0 Å². The van der Waals surface area contributed by atoms with Crippen LogP contribution in [0.5, 0.6) is 0 Å². The van der Waals surface area contributed by atoms with Gasteiger partial charge in [-0.2, -0.15) is 0 Å². The fourth-order valence-corrected chi connectivity index (χ4v) is 2.76. The van der Waals surface area contributed by atoms with E-state index in [9.17, 15) is 0 Å². The van der Waals surface area contributed by atoms with Crippen LogP contribution in [0.4, 0.5) is 5.69 Å². The standard InChI is InChI=1S/C17H28N2O/c1-4-19(5-2)13-14-8-7-9-15(10-14)18-16-11-17(12-16)20-6-3/h7-10,16-18H,4-6,11-13H2,1-3H3. The zero-order valence-electron chi connectivity index (χ0n) is 13.1. The van der Waals surface area contributed by atoms with Gasteiger partial charge in [0.1, 0.15) is 0 Å². The summed E-state index contributed by atoms with van der Waals surface area (Å²) in [4.78, 5) is 2.44. The molecule has 0 aliphatic heterocycles. The lowest BCUT2D eigenvalue weighted by molar-refractivity contribution is 0.00299. The van der Waals surface area contributed by atoms with Crippen molar-refractivity contribution in [3.8, 4) is 0 Å². The first-order valence-electron chi connectivity index (χ1n) is 7.94. The summed E-state index contributed by atoms with van der Waals surface area (Å²) in [5.74, 6) is 0. The first kappa shape index (κ1) is 15.3. The van der Waals surface area contributed by atoms with E-state index in [1.165, 1.54) is 11.3 Å². The lowest BCUT2D eigenvalue weighted by atomic mass is 9.89. The van der Waals surface area contributed by atoms with E-state index in [2.05, 4.69) is 55.3 Å². The van der Waals surface area contributed by atoms with Crippen molar-refractivity contribution in [2.75, 3.05) is 25.0 Å². The van der Waals surface area contributed by atoms with E-state index in [0.717, 1.165) is 39.1 Å². The van der Waals surface area contributed by atoms with Crippen LogP contribution in [0.25, 0.3) is 0 Å². The maximum Gasteiger partial charge on any atom is 0.0614 e. The Morgan fingerprint density at radius 2 is 1.95 bits per heavy atom. The van der Waals surface area contributed by atoms with Crippen molar-refractivity contribution in [2.45, 2.75) is 52.3 Å². The monoisotopic (exact) mass is 276 g/mol. The molecule has 0 amide bonds. The molecule has 1 aliphatic rings. The molecule has 0 saturated heterocycles. The van der Waals surface area contributed by atoms with Gasteiger partial charge in [-0.25, -0.2) is 0 Å². The fourth-order valence-electron chi connectivity index (χ4n) is 2.76. The van der Waals surface area contributed by atoms with Gasteiger partial charge in [-0.05, 0) is 50.6 Å². The Hall–Kier alpha value is -1.06. The molecule has 1 saturated carbocycles. The molecule has 1 N–H and O–H groups in total. The number of nitrogens with zero attached hydrogens (tertiary/aromatic N) is 1. The molecule has 0 atom stereocenters. The normalized spacial score (nSPS) is 21.8. The topological polar surface area (TPSA) is 24.5 Å². The van der Waals surface area contributed by atoms with Gasteiger partial charge in [0, 0.05) is 24.9 Å². The Labute approximate surface area is 123 Å².